The highest BCUT2D eigenvalue weighted by Gasteiger charge is 2.17. The average Bonchev–Trinajstić information content (AvgIpc) is 2.84. The molecule has 1 aromatic heterocycles. The van der Waals surface area contributed by atoms with Crippen molar-refractivity contribution < 1.29 is 8.78 Å². The van der Waals surface area contributed by atoms with Gasteiger partial charge in [0.2, 0.25) is 0 Å². The van der Waals surface area contributed by atoms with Crippen molar-refractivity contribution in [2.24, 2.45) is 0 Å². The second-order valence-electron chi connectivity index (χ2n) is 5.05. The van der Waals surface area contributed by atoms with E-state index in [1.165, 1.54) is 18.2 Å². The predicted octanol–water partition coefficient (Wildman–Crippen LogP) is 4.80. The number of thiophene rings is 1. The molecule has 21 heavy (non-hydrogen) atoms. The molecule has 108 valence electrons. The summed E-state index contributed by atoms with van der Waals surface area (Å²) in [7, 11) is 1.87. The molecular formula is C17H15F2NS. The van der Waals surface area contributed by atoms with Crippen LogP contribution in [0.5, 0.6) is 0 Å². The molecule has 1 unspecified atom stereocenters. The number of aryl methyl sites for hydroxylation is 1. The summed E-state index contributed by atoms with van der Waals surface area (Å²) in [5, 5.41) is 4.16. The lowest BCUT2D eigenvalue weighted by Gasteiger charge is -2.17. The van der Waals surface area contributed by atoms with Gasteiger partial charge in [-0.15, -0.1) is 11.3 Å². The normalized spacial score (nSPS) is 12.8. The van der Waals surface area contributed by atoms with E-state index in [2.05, 4.69) is 5.32 Å². The fraction of sp³-hybridized carbons (Fsp3) is 0.176. The lowest BCUT2D eigenvalue weighted by atomic mass is 9.99. The van der Waals surface area contributed by atoms with E-state index in [9.17, 15) is 8.78 Å². The molecule has 2 aromatic carbocycles. The molecule has 3 rings (SSSR count). The Morgan fingerprint density at radius 1 is 1.00 bits per heavy atom. The minimum atomic E-state index is -0.232. The fourth-order valence-electron chi connectivity index (χ4n) is 2.59. The molecule has 0 aliphatic rings. The standard InChI is InChI=1S/C17H15F2NS/c1-10-7-12(18)3-5-14(10)17(20-2)16-9-11-8-13(19)4-6-15(11)21-16/h3-9,17,20H,1-2H3. The third-order valence-corrected chi connectivity index (χ3v) is 4.79. The van der Waals surface area contributed by atoms with Crippen molar-refractivity contribution in [1.82, 2.24) is 5.32 Å². The zero-order valence-electron chi connectivity index (χ0n) is 11.8. The maximum atomic E-state index is 13.3. The first-order valence-corrected chi connectivity index (χ1v) is 7.52. The number of hydrogen-bond acceptors (Lipinski definition) is 2. The predicted molar refractivity (Wildman–Crippen MR) is 83.8 cm³/mol. The number of nitrogens with one attached hydrogen (secondary N) is 1. The third-order valence-electron chi connectivity index (χ3n) is 3.61. The third kappa shape index (κ3) is 2.69. The quantitative estimate of drug-likeness (QED) is 0.733. The van der Waals surface area contributed by atoms with Crippen molar-refractivity contribution in [3.05, 3.63) is 70.1 Å². The van der Waals surface area contributed by atoms with E-state index in [4.69, 9.17) is 0 Å². The first-order valence-electron chi connectivity index (χ1n) is 6.71. The van der Waals surface area contributed by atoms with Gasteiger partial charge in [0.25, 0.3) is 0 Å². The van der Waals surface area contributed by atoms with Gasteiger partial charge < -0.3 is 5.32 Å². The second kappa shape index (κ2) is 5.54. The molecule has 1 atom stereocenters. The van der Waals surface area contributed by atoms with Crippen LogP contribution in [0.1, 0.15) is 22.0 Å². The molecule has 3 aromatic rings. The summed E-state index contributed by atoms with van der Waals surface area (Å²) in [6, 6.07) is 11.6. The second-order valence-corrected chi connectivity index (χ2v) is 6.17. The van der Waals surface area contributed by atoms with Crippen molar-refractivity contribution in [2.75, 3.05) is 7.05 Å². The van der Waals surface area contributed by atoms with E-state index in [0.29, 0.717) is 0 Å². The maximum Gasteiger partial charge on any atom is 0.123 e. The minimum Gasteiger partial charge on any atom is -0.309 e. The molecule has 0 radical (unpaired) electrons. The van der Waals surface area contributed by atoms with Gasteiger partial charge in [0.05, 0.1) is 6.04 Å². The molecule has 1 heterocycles. The van der Waals surface area contributed by atoms with Crippen LogP contribution in [-0.2, 0) is 0 Å². The van der Waals surface area contributed by atoms with Crippen LogP contribution >= 0.6 is 11.3 Å². The maximum absolute atomic E-state index is 13.3. The summed E-state index contributed by atoms with van der Waals surface area (Å²) in [5.41, 5.74) is 1.93. The molecule has 0 fully saturated rings. The number of rotatable bonds is 3. The van der Waals surface area contributed by atoms with E-state index in [0.717, 1.165) is 26.1 Å². The Bertz CT molecular complexity index is 795. The van der Waals surface area contributed by atoms with Gasteiger partial charge >= 0.3 is 0 Å². The van der Waals surface area contributed by atoms with Crippen LogP contribution in [0.25, 0.3) is 10.1 Å². The molecule has 0 aliphatic heterocycles. The Kier molecular flexibility index (Phi) is 3.74. The molecular weight excluding hydrogens is 288 g/mol. The first-order chi connectivity index (χ1) is 10.1. The van der Waals surface area contributed by atoms with Gasteiger partial charge in [0.15, 0.2) is 0 Å². The fourth-order valence-corrected chi connectivity index (χ4v) is 3.77. The highest BCUT2D eigenvalue weighted by Crippen LogP contribution is 2.34. The van der Waals surface area contributed by atoms with Gasteiger partial charge in [-0.1, -0.05) is 6.07 Å². The van der Waals surface area contributed by atoms with Crippen molar-refractivity contribution in [1.29, 1.82) is 0 Å². The van der Waals surface area contributed by atoms with Gasteiger partial charge in [0, 0.05) is 9.58 Å². The molecule has 0 saturated carbocycles. The van der Waals surface area contributed by atoms with Crippen LogP contribution in [0.2, 0.25) is 0 Å². The number of halogens is 2. The average molecular weight is 303 g/mol. The SMILES string of the molecule is CNC(c1cc2cc(F)ccc2s1)c1ccc(F)cc1C. The molecule has 0 spiro atoms. The van der Waals surface area contributed by atoms with Gasteiger partial charge in [0.1, 0.15) is 11.6 Å². The largest absolute Gasteiger partial charge is 0.309 e. The topological polar surface area (TPSA) is 12.0 Å². The lowest BCUT2D eigenvalue weighted by Crippen LogP contribution is -2.17. The van der Waals surface area contributed by atoms with Crippen LogP contribution in [-0.4, -0.2) is 7.05 Å². The molecule has 0 aliphatic carbocycles. The Morgan fingerprint density at radius 2 is 1.71 bits per heavy atom. The Hall–Kier alpha value is -1.78. The van der Waals surface area contributed by atoms with Crippen LogP contribution in [0.4, 0.5) is 8.78 Å². The molecule has 0 bridgehead atoms. The summed E-state index contributed by atoms with van der Waals surface area (Å²) in [6.45, 7) is 1.90. The molecule has 4 heteroatoms. The summed E-state index contributed by atoms with van der Waals surface area (Å²) in [4.78, 5) is 1.09. The van der Waals surface area contributed by atoms with Crippen LogP contribution in [0.15, 0.2) is 42.5 Å². The van der Waals surface area contributed by atoms with Crippen molar-refractivity contribution in [3.8, 4) is 0 Å². The van der Waals surface area contributed by atoms with Crippen molar-refractivity contribution in [3.63, 3.8) is 0 Å². The molecule has 0 amide bonds. The van der Waals surface area contributed by atoms with Crippen LogP contribution in [0.3, 0.4) is 0 Å². The zero-order valence-corrected chi connectivity index (χ0v) is 12.6. The Morgan fingerprint density at radius 3 is 2.43 bits per heavy atom. The lowest BCUT2D eigenvalue weighted by molar-refractivity contribution is 0.622. The summed E-state index contributed by atoms with van der Waals surface area (Å²) >= 11 is 1.62. The van der Waals surface area contributed by atoms with Gasteiger partial charge in [-0.2, -0.15) is 0 Å². The molecule has 0 saturated heterocycles. The van der Waals surface area contributed by atoms with Gasteiger partial charge in [-0.25, -0.2) is 8.78 Å². The number of hydrogen-bond donors (Lipinski definition) is 1. The van der Waals surface area contributed by atoms with E-state index < -0.39 is 0 Å². The van der Waals surface area contributed by atoms with Gasteiger partial charge in [-0.05, 0) is 66.9 Å². The van der Waals surface area contributed by atoms with E-state index in [-0.39, 0.29) is 17.7 Å². The minimum absolute atomic E-state index is 0.0222. The highest BCUT2D eigenvalue weighted by atomic mass is 32.1. The Balaban J connectivity index is 2.09. The van der Waals surface area contributed by atoms with Gasteiger partial charge in [-0.3, -0.25) is 0 Å². The summed E-state index contributed by atoms with van der Waals surface area (Å²) < 4.78 is 27.6. The summed E-state index contributed by atoms with van der Waals surface area (Å²) in [6.07, 6.45) is 0. The van der Waals surface area contributed by atoms with Crippen LogP contribution in [0, 0.1) is 18.6 Å². The molecule has 1 N–H and O–H groups in total. The van der Waals surface area contributed by atoms with Crippen LogP contribution < -0.4 is 5.32 Å². The monoisotopic (exact) mass is 303 g/mol. The summed E-state index contributed by atoms with van der Waals surface area (Å²) in [5.74, 6) is -0.463. The van der Waals surface area contributed by atoms with Crippen molar-refractivity contribution in [2.45, 2.75) is 13.0 Å². The highest BCUT2D eigenvalue weighted by molar-refractivity contribution is 7.19. The smallest absolute Gasteiger partial charge is 0.123 e. The zero-order chi connectivity index (χ0) is 15.0. The number of benzene rings is 2. The van der Waals surface area contributed by atoms with E-state index in [1.54, 1.807) is 29.5 Å². The Labute approximate surface area is 126 Å². The van der Waals surface area contributed by atoms with E-state index >= 15 is 0 Å². The molecule has 1 nitrogen and oxygen atoms in total. The number of fused-ring (bicyclic) bond motifs is 1. The first kappa shape index (κ1) is 14.2. The van der Waals surface area contributed by atoms with E-state index in [1.807, 2.05) is 20.0 Å². The van der Waals surface area contributed by atoms with Crippen molar-refractivity contribution >= 4 is 21.4 Å².